The lowest BCUT2D eigenvalue weighted by atomic mass is 10.1. The third kappa shape index (κ3) is 6.68. The Morgan fingerprint density at radius 2 is 1.64 bits per heavy atom. The van der Waals surface area contributed by atoms with Crippen LogP contribution in [0.2, 0.25) is 0 Å². The van der Waals surface area contributed by atoms with Crippen molar-refractivity contribution in [1.29, 1.82) is 0 Å². The van der Waals surface area contributed by atoms with Gasteiger partial charge in [-0.1, -0.05) is 54.2 Å². The van der Waals surface area contributed by atoms with Crippen molar-refractivity contribution in [1.82, 2.24) is 14.8 Å². The number of benzene rings is 2. The Bertz CT molecular complexity index is 1060. The lowest BCUT2D eigenvalue weighted by Gasteiger charge is -2.35. The molecule has 4 rings (SSSR count). The minimum absolute atomic E-state index is 0.0425. The Morgan fingerprint density at radius 3 is 2.30 bits per heavy atom. The first kappa shape index (κ1) is 23.5. The number of rotatable bonds is 8. The largest absolute Gasteiger partial charge is 0.339 e. The van der Waals surface area contributed by atoms with E-state index < -0.39 is 0 Å². The number of aryl methyl sites for hydroxylation is 2. The molecule has 3 aromatic rings. The van der Waals surface area contributed by atoms with Crippen molar-refractivity contribution in [2.45, 2.75) is 36.3 Å². The highest BCUT2D eigenvalue weighted by Gasteiger charge is 2.24. The molecule has 0 bridgehead atoms. The fraction of sp³-hybridized carbons (Fsp3) is 0.346. The first-order chi connectivity index (χ1) is 16.1. The Balaban J connectivity index is 1.20. The average molecular weight is 480 g/mol. The smallest absolute Gasteiger partial charge is 0.253 e. The Hall–Kier alpha value is -2.64. The van der Waals surface area contributed by atoms with Gasteiger partial charge in [0.2, 0.25) is 5.91 Å². The fourth-order valence-electron chi connectivity index (χ4n) is 3.88. The van der Waals surface area contributed by atoms with Crippen LogP contribution >= 0.6 is 23.1 Å². The van der Waals surface area contributed by atoms with Gasteiger partial charge in [0.1, 0.15) is 4.34 Å². The van der Waals surface area contributed by atoms with Crippen LogP contribution in [0.15, 0.2) is 64.3 Å². The third-order valence-electron chi connectivity index (χ3n) is 5.78. The van der Waals surface area contributed by atoms with Gasteiger partial charge < -0.3 is 9.80 Å². The van der Waals surface area contributed by atoms with Crippen molar-refractivity contribution in [2.24, 2.45) is 0 Å². The zero-order chi connectivity index (χ0) is 23.0. The van der Waals surface area contributed by atoms with Crippen LogP contribution in [-0.2, 0) is 17.0 Å². The number of hydrogen-bond donors (Lipinski definition) is 0. The van der Waals surface area contributed by atoms with Crippen LogP contribution in [0.25, 0.3) is 0 Å². The van der Waals surface area contributed by atoms with Crippen LogP contribution in [0.3, 0.4) is 0 Å². The molecule has 0 spiro atoms. The zero-order valence-electron chi connectivity index (χ0n) is 18.9. The summed E-state index contributed by atoms with van der Waals surface area (Å²) in [6.07, 6.45) is 2.33. The topological polar surface area (TPSA) is 53.5 Å². The highest BCUT2D eigenvalue weighted by molar-refractivity contribution is 8.00. The molecule has 1 aliphatic rings. The molecule has 0 aliphatic carbocycles. The van der Waals surface area contributed by atoms with E-state index in [4.69, 9.17) is 0 Å². The standard InChI is InChI=1S/C26H29N3O2S2/c1-20-18-32-26(27-20)33-19-22-10-12-23(13-11-22)25(31)29-16-14-28(15-17-29)24(30)9-5-8-21-6-3-2-4-7-21/h2-4,6-7,10-13,18H,5,8-9,14-17,19H2,1H3. The Labute approximate surface area is 203 Å². The maximum atomic E-state index is 12.9. The molecule has 0 N–H and O–H groups in total. The molecule has 33 heavy (non-hydrogen) atoms. The summed E-state index contributed by atoms with van der Waals surface area (Å²) in [5.41, 5.74) is 4.20. The number of amides is 2. The van der Waals surface area contributed by atoms with Crippen molar-refractivity contribution in [2.75, 3.05) is 26.2 Å². The van der Waals surface area contributed by atoms with Gasteiger partial charge in [-0.05, 0) is 43.0 Å². The number of hydrogen-bond acceptors (Lipinski definition) is 5. The molecule has 1 saturated heterocycles. The number of carbonyl (C=O) groups is 2. The summed E-state index contributed by atoms with van der Waals surface area (Å²) in [7, 11) is 0. The molecular weight excluding hydrogens is 450 g/mol. The summed E-state index contributed by atoms with van der Waals surface area (Å²) in [4.78, 5) is 33.7. The molecule has 0 atom stereocenters. The van der Waals surface area contributed by atoms with Gasteiger partial charge in [-0.25, -0.2) is 4.98 Å². The summed E-state index contributed by atoms with van der Waals surface area (Å²) in [6.45, 7) is 4.40. The van der Waals surface area contributed by atoms with Gasteiger partial charge in [0, 0.05) is 55.0 Å². The van der Waals surface area contributed by atoms with Crippen LogP contribution in [-0.4, -0.2) is 52.8 Å². The van der Waals surface area contributed by atoms with E-state index >= 15 is 0 Å². The maximum absolute atomic E-state index is 12.9. The van der Waals surface area contributed by atoms with Gasteiger partial charge in [0.15, 0.2) is 0 Å². The molecule has 2 aromatic carbocycles. The quantitative estimate of drug-likeness (QED) is 0.424. The van der Waals surface area contributed by atoms with Crippen LogP contribution < -0.4 is 0 Å². The second kappa shape index (κ2) is 11.5. The van der Waals surface area contributed by atoms with E-state index in [9.17, 15) is 9.59 Å². The van der Waals surface area contributed by atoms with E-state index in [1.54, 1.807) is 23.1 Å². The molecule has 5 nitrogen and oxygen atoms in total. The van der Waals surface area contributed by atoms with E-state index in [1.165, 1.54) is 11.1 Å². The molecule has 1 aliphatic heterocycles. The van der Waals surface area contributed by atoms with Crippen molar-refractivity contribution < 1.29 is 9.59 Å². The summed E-state index contributed by atoms with van der Waals surface area (Å²) in [6, 6.07) is 18.1. The maximum Gasteiger partial charge on any atom is 0.253 e. The van der Waals surface area contributed by atoms with E-state index in [2.05, 4.69) is 22.5 Å². The zero-order valence-corrected chi connectivity index (χ0v) is 20.5. The highest BCUT2D eigenvalue weighted by Crippen LogP contribution is 2.26. The average Bonchev–Trinajstić information content (AvgIpc) is 3.28. The predicted octanol–water partition coefficient (Wildman–Crippen LogP) is 5.05. The van der Waals surface area contributed by atoms with Gasteiger partial charge in [0.05, 0.1) is 0 Å². The minimum atomic E-state index is 0.0425. The Morgan fingerprint density at radius 1 is 0.939 bits per heavy atom. The number of piperazine rings is 1. The van der Waals surface area contributed by atoms with Crippen LogP contribution in [0.4, 0.5) is 0 Å². The van der Waals surface area contributed by atoms with Crippen molar-refractivity contribution in [3.05, 3.63) is 82.4 Å². The van der Waals surface area contributed by atoms with Gasteiger partial charge >= 0.3 is 0 Å². The number of aromatic nitrogens is 1. The van der Waals surface area contributed by atoms with Gasteiger partial charge in [-0.2, -0.15) is 0 Å². The second-order valence-corrected chi connectivity index (χ2v) is 10.3. The van der Waals surface area contributed by atoms with Crippen molar-refractivity contribution in [3.8, 4) is 0 Å². The van der Waals surface area contributed by atoms with E-state index in [0.717, 1.165) is 28.6 Å². The molecule has 172 valence electrons. The van der Waals surface area contributed by atoms with Crippen molar-refractivity contribution in [3.63, 3.8) is 0 Å². The summed E-state index contributed by atoms with van der Waals surface area (Å²) in [5, 5.41) is 2.06. The monoisotopic (exact) mass is 479 g/mol. The van der Waals surface area contributed by atoms with E-state index in [0.29, 0.717) is 38.2 Å². The van der Waals surface area contributed by atoms with Gasteiger partial charge in [0.25, 0.3) is 5.91 Å². The molecule has 7 heteroatoms. The van der Waals surface area contributed by atoms with E-state index in [1.807, 2.05) is 59.2 Å². The number of nitrogens with zero attached hydrogens (tertiary/aromatic N) is 3. The van der Waals surface area contributed by atoms with Crippen LogP contribution in [0.5, 0.6) is 0 Å². The molecular formula is C26H29N3O2S2. The molecule has 1 aromatic heterocycles. The van der Waals surface area contributed by atoms with Crippen LogP contribution in [0.1, 0.15) is 40.0 Å². The number of thiazole rings is 1. The van der Waals surface area contributed by atoms with Crippen molar-refractivity contribution >= 4 is 34.9 Å². The number of carbonyl (C=O) groups excluding carboxylic acids is 2. The second-order valence-electron chi connectivity index (χ2n) is 8.25. The highest BCUT2D eigenvalue weighted by atomic mass is 32.2. The predicted molar refractivity (Wildman–Crippen MR) is 135 cm³/mol. The molecule has 0 radical (unpaired) electrons. The van der Waals surface area contributed by atoms with Gasteiger partial charge in [-0.15, -0.1) is 11.3 Å². The van der Waals surface area contributed by atoms with Crippen LogP contribution in [0, 0.1) is 6.92 Å². The summed E-state index contributed by atoms with van der Waals surface area (Å²) < 4.78 is 1.07. The minimum Gasteiger partial charge on any atom is -0.339 e. The normalized spacial score (nSPS) is 13.8. The SMILES string of the molecule is Cc1csc(SCc2ccc(C(=O)N3CCN(C(=O)CCCc4ccccc4)CC3)cc2)n1. The van der Waals surface area contributed by atoms with Gasteiger partial charge in [-0.3, -0.25) is 9.59 Å². The summed E-state index contributed by atoms with van der Waals surface area (Å²) in [5.74, 6) is 1.07. The molecule has 0 unspecified atom stereocenters. The lowest BCUT2D eigenvalue weighted by molar-refractivity contribution is -0.132. The third-order valence-corrected chi connectivity index (χ3v) is 7.99. The van der Waals surface area contributed by atoms with E-state index in [-0.39, 0.29) is 11.8 Å². The fourth-order valence-corrected chi connectivity index (χ4v) is 5.68. The summed E-state index contributed by atoms with van der Waals surface area (Å²) >= 11 is 3.38. The molecule has 2 amide bonds. The lowest BCUT2D eigenvalue weighted by Crippen LogP contribution is -2.50. The first-order valence-electron chi connectivity index (χ1n) is 11.3. The first-order valence-corrected chi connectivity index (χ1v) is 13.2. The number of thioether (sulfide) groups is 1. The molecule has 2 heterocycles. The molecule has 0 saturated carbocycles. The molecule has 1 fully saturated rings. The Kier molecular flexibility index (Phi) is 8.18.